The molecule has 306 valence electrons. The molecule has 14 rings (SSSR count). The first-order chi connectivity index (χ1) is 32.7. The highest BCUT2D eigenvalue weighted by molar-refractivity contribution is 6.30. The minimum Gasteiger partial charge on any atom is -0.455 e. The molecule has 0 saturated carbocycles. The van der Waals surface area contributed by atoms with Crippen LogP contribution in [0, 0.1) is 11.3 Å². The number of rotatable bonds is 5. The van der Waals surface area contributed by atoms with Gasteiger partial charge in [0.15, 0.2) is 11.6 Å². The highest BCUT2D eigenvalue weighted by Gasteiger charge is 2.24. The molecule has 9 aromatic carbocycles. The Labute approximate surface area is 376 Å². The molecule has 0 aliphatic heterocycles. The molecule has 0 aliphatic carbocycles. The molecule has 0 spiro atoms. The van der Waals surface area contributed by atoms with Gasteiger partial charge in [-0.3, -0.25) is 4.57 Å². The number of hydrogen-bond acceptors (Lipinski definition) is 5. The zero-order chi connectivity index (χ0) is 43.5. The Morgan fingerprint density at radius 3 is 1.65 bits per heavy atom. The fourth-order valence-electron chi connectivity index (χ4n) is 10.3. The summed E-state index contributed by atoms with van der Waals surface area (Å²) in [5.74, 6) is 1.51. The standard InChI is InChI=1S/C58H33N7O/c59-34-37-33-36(57-60-56(35-15-3-1-4-16-35)61-58(62-57)65-47-24-12-7-19-39(47)40-20-8-13-25-48(40)65)27-30-45(37)64-49-26-14-10-22-43(49)52-50(64)31-28-44-53-51(66-55(44)52)32-29-42-41-21-9-11-23-46(41)63(54(42)53)38-17-5-2-6-18-38/h1-33H. The number of hydrogen-bond donors (Lipinski definition) is 0. The third-order valence-electron chi connectivity index (χ3n) is 13.1. The van der Waals surface area contributed by atoms with Crippen molar-refractivity contribution in [2.75, 3.05) is 0 Å². The minimum absolute atomic E-state index is 0.467. The third-order valence-corrected chi connectivity index (χ3v) is 13.1. The summed E-state index contributed by atoms with van der Waals surface area (Å²) in [7, 11) is 0. The Morgan fingerprint density at radius 2 is 0.970 bits per heavy atom. The van der Waals surface area contributed by atoms with Gasteiger partial charge < -0.3 is 13.6 Å². The van der Waals surface area contributed by atoms with E-state index in [4.69, 9.17) is 19.4 Å². The summed E-state index contributed by atoms with van der Waals surface area (Å²) in [6, 6.07) is 71.2. The van der Waals surface area contributed by atoms with Gasteiger partial charge in [-0.25, -0.2) is 4.98 Å². The lowest BCUT2D eigenvalue weighted by Crippen LogP contribution is -2.06. The van der Waals surface area contributed by atoms with Crippen molar-refractivity contribution in [3.05, 3.63) is 206 Å². The molecule has 0 unspecified atom stereocenters. The van der Waals surface area contributed by atoms with E-state index >= 15 is 0 Å². The molecule has 5 aromatic heterocycles. The van der Waals surface area contributed by atoms with Crippen LogP contribution >= 0.6 is 0 Å². The second kappa shape index (κ2) is 13.8. The van der Waals surface area contributed by atoms with Crippen molar-refractivity contribution in [1.29, 1.82) is 5.26 Å². The van der Waals surface area contributed by atoms with Crippen LogP contribution in [0.15, 0.2) is 205 Å². The third kappa shape index (κ3) is 5.11. The molecular weight excluding hydrogens is 811 g/mol. The summed E-state index contributed by atoms with van der Waals surface area (Å²) in [6.45, 7) is 0. The molecule has 14 aromatic rings. The average Bonchev–Trinajstić information content (AvgIpc) is 4.13. The molecule has 66 heavy (non-hydrogen) atoms. The molecule has 0 fully saturated rings. The van der Waals surface area contributed by atoms with Gasteiger partial charge in [0, 0.05) is 49.1 Å². The molecule has 0 saturated heterocycles. The summed E-state index contributed by atoms with van der Waals surface area (Å²) in [5.41, 5.74) is 11.7. The summed E-state index contributed by atoms with van der Waals surface area (Å²) in [6.07, 6.45) is 0. The predicted molar refractivity (Wildman–Crippen MR) is 266 cm³/mol. The molecule has 0 radical (unpaired) electrons. The maximum atomic E-state index is 11.0. The summed E-state index contributed by atoms with van der Waals surface area (Å²) >= 11 is 0. The molecule has 0 N–H and O–H groups in total. The quantitative estimate of drug-likeness (QED) is 0.172. The Hall–Kier alpha value is -9.32. The highest BCUT2D eigenvalue weighted by atomic mass is 16.3. The van der Waals surface area contributed by atoms with Gasteiger partial charge in [-0.15, -0.1) is 0 Å². The van der Waals surface area contributed by atoms with Gasteiger partial charge in [-0.1, -0.05) is 121 Å². The van der Waals surface area contributed by atoms with Crippen molar-refractivity contribution in [1.82, 2.24) is 28.7 Å². The van der Waals surface area contributed by atoms with Gasteiger partial charge in [-0.2, -0.15) is 15.2 Å². The molecule has 5 heterocycles. The lowest BCUT2D eigenvalue weighted by molar-refractivity contribution is 0.673. The van der Waals surface area contributed by atoms with Crippen LogP contribution in [0.1, 0.15) is 5.56 Å². The van der Waals surface area contributed by atoms with Gasteiger partial charge in [0.25, 0.3) is 0 Å². The smallest absolute Gasteiger partial charge is 0.238 e. The van der Waals surface area contributed by atoms with Crippen LogP contribution in [-0.2, 0) is 0 Å². The lowest BCUT2D eigenvalue weighted by Gasteiger charge is -2.13. The summed E-state index contributed by atoms with van der Waals surface area (Å²) in [5, 5.41) is 19.7. The van der Waals surface area contributed by atoms with Crippen LogP contribution in [0.2, 0.25) is 0 Å². The number of benzene rings is 9. The Kier molecular flexibility index (Phi) is 7.59. The number of fused-ring (bicyclic) bond motifs is 14. The molecule has 8 nitrogen and oxygen atoms in total. The summed E-state index contributed by atoms with van der Waals surface area (Å²) in [4.78, 5) is 15.3. The zero-order valence-corrected chi connectivity index (χ0v) is 35.1. The Morgan fingerprint density at radius 1 is 0.409 bits per heavy atom. The molecule has 8 heteroatoms. The first-order valence-corrected chi connectivity index (χ1v) is 21.9. The van der Waals surface area contributed by atoms with Crippen LogP contribution in [0.4, 0.5) is 0 Å². The van der Waals surface area contributed by atoms with Gasteiger partial charge in [0.05, 0.1) is 55.1 Å². The summed E-state index contributed by atoms with van der Waals surface area (Å²) < 4.78 is 13.6. The SMILES string of the molecule is N#Cc1cc(-c2nc(-c3ccccc3)nc(-n3c4ccccc4c4ccccc43)n2)ccc1-n1c2ccccc2c2c3oc4ccc5c6ccccc6n(-c6ccccc6)c5c4c3ccc21. The highest BCUT2D eigenvalue weighted by Crippen LogP contribution is 2.45. The van der Waals surface area contributed by atoms with E-state index in [-0.39, 0.29) is 0 Å². The van der Waals surface area contributed by atoms with Crippen molar-refractivity contribution >= 4 is 87.4 Å². The first kappa shape index (κ1) is 36.2. The van der Waals surface area contributed by atoms with E-state index in [0.29, 0.717) is 28.7 Å². The number of aromatic nitrogens is 6. The molecule has 0 bridgehead atoms. The fourth-order valence-corrected chi connectivity index (χ4v) is 10.3. The van der Waals surface area contributed by atoms with E-state index in [1.807, 2.05) is 66.7 Å². The van der Waals surface area contributed by atoms with Crippen molar-refractivity contribution < 1.29 is 4.42 Å². The first-order valence-electron chi connectivity index (χ1n) is 21.9. The second-order valence-corrected chi connectivity index (χ2v) is 16.7. The van der Waals surface area contributed by atoms with Gasteiger partial charge in [0.1, 0.15) is 17.2 Å². The molecule has 0 aliphatic rings. The topological polar surface area (TPSA) is 90.4 Å². The van der Waals surface area contributed by atoms with Crippen molar-refractivity contribution in [2.24, 2.45) is 0 Å². The van der Waals surface area contributed by atoms with Gasteiger partial charge in [-0.05, 0) is 78.9 Å². The van der Waals surface area contributed by atoms with Crippen LogP contribution in [0.25, 0.3) is 127 Å². The average molecular weight is 844 g/mol. The molecular formula is C58H33N7O. The predicted octanol–water partition coefficient (Wildman–Crippen LogP) is 14.3. The van der Waals surface area contributed by atoms with E-state index in [1.54, 1.807) is 0 Å². The second-order valence-electron chi connectivity index (χ2n) is 16.7. The lowest BCUT2D eigenvalue weighted by atomic mass is 10.1. The van der Waals surface area contributed by atoms with E-state index in [9.17, 15) is 5.26 Å². The van der Waals surface area contributed by atoms with E-state index in [0.717, 1.165) is 93.5 Å². The number of nitriles is 1. The minimum atomic E-state index is 0.467. The zero-order valence-electron chi connectivity index (χ0n) is 35.1. The maximum absolute atomic E-state index is 11.0. The largest absolute Gasteiger partial charge is 0.455 e. The Bertz CT molecular complexity index is 4310. The maximum Gasteiger partial charge on any atom is 0.238 e. The van der Waals surface area contributed by atoms with Crippen LogP contribution < -0.4 is 0 Å². The number of nitrogens with zero attached hydrogens (tertiary/aromatic N) is 7. The normalized spacial score (nSPS) is 11.9. The van der Waals surface area contributed by atoms with E-state index in [1.165, 1.54) is 10.8 Å². The van der Waals surface area contributed by atoms with Crippen LogP contribution in [0.3, 0.4) is 0 Å². The van der Waals surface area contributed by atoms with Gasteiger partial charge in [0.2, 0.25) is 5.95 Å². The molecule has 0 amide bonds. The van der Waals surface area contributed by atoms with Crippen molar-refractivity contribution in [2.45, 2.75) is 0 Å². The van der Waals surface area contributed by atoms with Crippen molar-refractivity contribution in [3.8, 4) is 46.2 Å². The van der Waals surface area contributed by atoms with E-state index < -0.39 is 0 Å². The number of furan rings is 1. The van der Waals surface area contributed by atoms with Crippen molar-refractivity contribution in [3.63, 3.8) is 0 Å². The van der Waals surface area contributed by atoms with Gasteiger partial charge >= 0.3 is 0 Å². The van der Waals surface area contributed by atoms with Crippen LogP contribution in [0.5, 0.6) is 0 Å². The number of para-hydroxylation sites is 5. The van der Waals surface area contributed by atoms with Crippen LogP contribution in [-0.4, -0.2) is 28.7 Å². The monoisotopic (exact) mass is 843 g/mol. The van der Waals surface area contributed by atoms with E-state index in [2.05, 4.69) is 153 Å². The Balaban J connectivity index is 0.985. The fraction of sp³-hybridized carbons (Fsp3) is 0. The molecule has 0 atom stereocenters.